The van der Waals surface area contributed by atoms with Gasteiger partial charge >= 0.3 is 0 Å². The molecule has 2 heterocycles. The Morgan fingerprint density at radius 3 is 2.62 bits per heavy atom. The lowest BCUT2D eigenvalue weighted by molar-refractivity contribution is 0.0706. The van der Waals surface area contributed by atoms with E-state index < -0.39 is 9.84 Å². The van der Waals surface area contributed by atoms with Crippen LogP contribution in [0.5, 0.6) is 0 Å². The van der Waals surface area contributed by atoms with E-state index in [1.165, 1.54) is 12.1 Å². The number of carbonyl (C=O) groups excluding carboxylic acids is 1. The molecule has 0 saturated heterocycles. The molecule has 2 aromatic rings. The van der Waals surface area contributed by atoms with Gasteiger partial charge in [0.2, 0.25) is 0 Å². The molecule has 1 aromatic carbocycles. The molecule has 0 atom stereocenters. The van der Waals surface area contributed by atoms with E-state index >= 15 is 0 Å². The van der Waals surface area contributed by atoms with Gasteiger partial charge in [-0.05, 0) is 18.2 Å². The van der Waals surface area contributed by atoms with E-state index in [2.05, 4.69) is 28.6 Å². The molecule has 0 bridgehead atoms. The minimum absolute atomic E-state index is 0.149. The van der Waals surface area contributed by atoms with E-state index in [0.717, 1.165) is 17.9 Å². The van der Waals surface area contributed by atoms with Crippen LogP contribution >= 0.6 is 0 Å². The van der Waals surface area contributed by atoms with Gasteiger partial charge in [0.1, 0.15) is 5.82 Å². The van der Waals surface area contributed by atoms with Crippen LogP contribution in [0.2, 0.25) is 0 Å². The van der Waals surface area contributed by atoms with Crippen LogP contribution in [0, 0.1) is 0 Å². The quantitative estimate of drug-likeness (QED) is 0.838. The predicted octanol–water partition coefficient (Wildman–Crippen LogP) is 1.46. The average molecular weight is 348 g/mol. The van der Waals surface area contributed by atoms with E-state index in [-0.39, 0.29) is 16.7 Å². The molecular formula is C16H20N4O3S. The minimum Gasteiger partial charge on any atom is -0.329 e. The van der Waals surface area contributed by atoms with Crippen LogP contribution in [0.1, 0.15) is 41.8 Å². The van der Waals surface area contributed by atoms with E-state index in [1.807, 2.05) is 0 Å². The number of rotatable bonds is 3. The number of nitrogens with zero attached hydrogens (tertiary/aromatic N) is 4. The van der Waals surface area contributed by atoms with Crippen molar-refractivity contribution < 1.29 is 13.2 Å². The Balaban J connectivity index is 1.84. The summed E-state index contributed by atoms with van der Waals surface area (Å²) in [5.74, 6) is 1.77. The second-order valence-electron chi connectivity index (χ2n) is 6.31. The molecule has 24 heavy (non-hydrogen) atoms. The van der Waals surface area contributed by atoms with Gasteiger partial charge in [0.15, 0.2) is 15.7 Å². The summed E-state index contributed by atoms with van der Waals surface area (Å²) >= 11 is 0. The normalized spacial score (nSPS) is 14.8. The molecule has 7 nitrogen and oxygen atoms in total. The summed E-state index contributed by atoms with van der Waals surface area (Å²) in [5, 5.41) is 8.39. The first-order valence-corrected chi connectivity index (χ1v) is 9.68. The Hall–Kier alpha value is -2.22. The SMILES string of the molecule is CC(C)c1nnc2n1CCN(C(=O)c1cccc(S(C)(=O)=O)c1)C2. The third-order valence-electron chi connectivity index (χ3n) is 4.09. The topological polar surface area (TPSA) is 85.2 Å². The molecule has 8 heteroatoms. The highest BCUT2D eigenvalue weighted by molar-refractivity contribution is 7.90. The molecule has 0 radical (unpaired) electrons. The lowest BCUT2D eigenvalue weighted by Gasteiger charge is -2.28. The molecule has 0 unspecified atom stereocenters. The smallest absolute Gasteiger partial charge is 0.254 e. The fourth-order valence-electron chi connectivity index (χ4n) is 2.82. The first kappa shape index (κ1) is 16.6. The lowest BCUT2D eigenvalue weighted by atomic mass is 10.1. The molecule has 1 amide bonds. The molecule has 1 aliphatic rings. The van der Waals surface area contributed by atoms with Gasteiger partial charge < -0.3 is 9.47 Å². The Morgan fingerprint density at radius 1 is 1.21 bits per heavy atom. The zero-order chi connectivity index (χ0) is 17.5. The van der Waals surface area contributed by atoms with E-state index in [0.29, 0.717) is 25.2 Å². The molecule has 128 valence electrons. The third kappa shape index (κ3) is 3.06. The van der Waals surface area contributed by atoms with Crippen molar-refractivity contribution in [2.24, 2.45) is 0 Å². The van der Waals surface area contributed by atoms with Crippen LogP contribution in [0.15, 0.2) is 29.2 Å². The second kappa shape index (κ2) is 6.01. The first-order valence-electron chi connectivity index (χ1n) is 7.78. The van der Waals surface area contributed by atoms with E-state index in [9.17, 15) is 13.2 Å². The second-order valence-corrected chi connectivity index (χ2v) is 8.32. The van der Waals surface area contributed by atoms with Gasteiger partial charge in [-0.25, -0.2) is 8.42 Å². The van der Waals surface area contributed by atoms with Gasteiger partial charge in [0.05, 0.1) is 11.4 Å². The van der Waals surface area contributed by atoms with Crippen LogP contribution < -0.4 is 0 Å². The molecule has 3 rings (SSSR count). The molecule has 0 fully saturated rings. The van der Waals surface area contributed by atoms with Crippen LogP contribution in [-0.2, 0) is 22.9 Å². The summed E-state index contributed by atoms with van der Waals surface area (Å²) in [6.45, 7) is 5.69. The minimum atomic E-state index is -3.34. The fourth-order valence-corrected chi connectivity index (χ4v) is 3.49. The van der Waals surface area contributed by atoms with E-state index in [4.69, 9.17) is 0 Å². The van der Waals surface area contributed by atoms with Crippen molar-refractivity contribution in [3.63, 3.8) is 0 Å². The van der Waals surface area contributed by atoms with Crippen LogP contribution in [-0.4, -0.2) is 46.8 Å². The third-order valence-corrected chi connectivity index (χ3v) is 5.20. The molecule has 0 saturated carbocycles. The zero-order valence-corrected chi connectivity index (χ0v) is 14.7. The summed E-state index contributed by atoms with van der Waals surface area (Å²) in [4.78, 5) is 14.5. The number of benzene rings is 1. The monoisotopic (exact) mass is 348 g/mol. The summed E-state index contributed by atoms with van der Waals surface area (Å²) < 4.78 is 25.4. The highest BCUT2D eigenvalue weighted by Crippen LogP contribution is 2.20. The number of fused-ring (bicyclic) bond motifs is 1. The van der Waals surface area contributed by atoms with Crippen molar-refractivity contribution in [1.29, 1.82) is 0 Å². The molecule has 0 N–H and O–H groups in total. The van der Waals surface area contributed by atoms with Gasteiger partial charge in [-0.15, -0.1) is 10.2 Å². The fraction of sp³-hybridized carbons (Fsp3) is 0.438. The van der Waals surface area contributed by atoms with Crippen LogP contribution in [0.25, 0.3) is 0 Å². The molecule has 1 aliphatic heterocycles. The van der Waals surface area contributed by atoms with Crippen molar-refractivity contribution >= 4 is 15.7 Å². The highest BCUT2D eigenvalue weighted by Gasteiger charge is 2.26. The van der Waals surface area contributed by atoms with Crippen LogP contribution in [0.3, 0.4) is 0 Å². The molecule has 1 aromatic heterocycles. The number of sulfone groups is 1. The molecular weight excluding hydrogens is 328 g/mol. The highest BCUT2D eigenvalue weighted by atomic mass is 32.2. The predicted molar refractivity (Wildman–Crippen MR) is 88.4 cm³/mol. The van der Waals surface area contributed by atoms with Crippen molar-refractivity contribution in [2.45, 2.75) is 37.8 Å². The maximum atomic E-state index is 12.7. The summed E-state index contributed by atoms with van der Waals surface area (Å²) in [7, 11) is -3.34. The van der Waals surface area contributed by atoms with Gasteiger partial charge in [0.25, 0.3) is 5.91 Å². The number of carbonyl (C=O) groups is 1. The Kier molecular flexibility index (Phi) is 4.16. The Labute approximate surface area is 141 Å². The summed E-state index contributed by atoms with van der Waals surface area (Å²) in [6.07, 6.45) is 1.13. The lowest BCUT2D eigenvalue weighted by Crippen LogP contribution is -2.38. The van der Waals surface area contributed by atoms with Crippen molar-refractivity contribution in [2.75, 3.05) is 12.8 Å². The first-order chi connectivity index (χ1) is 11.3. The summed E-state index contributed by atoms with van der Waals surface area (Å²) in [6, 6.07) is 6.15. The van der Waals surface area contributed by atoms with Gasteiger partial charge in [-0.2, -0.15) is 0 Å². The van der Waals surface area contributed by atoms with Crippen molar-refractivity contribution in [1.82, 2.24) is 19.7 Å². The number of amides is 1. The van der Waals surface area contributed by atoms with Gasteiger partial charge in [0, 0.05) is 30.8 Å². The molecule has 0 aliphatic carbocycles. The standard InChI is InChI=1S/C16H20N4O3S/c1-11(2)15-18-17-14-10-19(7-8-20(14)15)16(21)12-5-4-6-13(9-12)24(3,22)23/h4-6,9,11H,7-8,10H2,1-3H3. The number of aromatic nitrogens is 3. The number of hydrogen-bond acceptors (Lipinski definition) is 5. The van der Waals surface area contributed by atoms with Gasteiger partial charge in [-0.1, -0.05) is 19.9 Å². The Morgan fingerprint density at radius 2 is 1.96 bits per heavy atom. The van der Waals surface area contributed by atoms with Crippen LogP contribution in [0.4, 0.5) is 0 Å². The number of hydrogen-bond donors (Lipinski definition) is 0. The van der Waals surface area contributed by atoms with Gasteiger partial charge in [-0.3, -0.25) is 4.79 Å². The van der Waals surface area contributed by atoms with E-state index in [1.54, 1.807) is 17.0 Å². The zero-order valence-electron chi connectivity index (χ0n) is 13.9. The summed E-state index contributed by atoms with van der Waals surface area (Å²) in [5.41, 5.74) is 0.370. The maximum Gasteiger partial charge on any atom is 0.254 e. The average Bonchev–Trinajstić information content (AvgIpc) is 2.96. The molecule has 0 spiro atoms. The Bertz CT molecular complexity index is 886. The largest absolute Gasteiger partial charge is 0.329 e. The van der Waals surface area contributed by atoms with Crippen molar-refractivity contribution in [3.8, 4) is 0 Å². The maximum absolute atomic E-state index is 12.7. The van der Waals surface area contributed by atoms with Crippen molar-refractivity contribution in [3.05, 3.63) is 41.5 Å².